The van der Waals surface area contributed by atoms with Gasteiger partial charge < -0.3 is 14.2 Å². The van der Waals surface area contributed by atoms with E-state index in [0.717, 1.165) is 63.7 Å². The van der Waals surface area contributed by atoms with Crippen molar-refractivity contribution in [2.75, 3.05) is 13.2 Å². The number of carbonyl (C=O) groups excluding carboxylic acids is 3. The highest BCUT2D eigenvalue weighted by Crippen LogP contribution is 2.18. The summed E-state index contributed by atoms with van der Waals surface area (Å²) in [6, 6.07) is 0. The Hall–Kier alpha value is -1.59. The lowest BCUT2D eigenvalue weighted by Crippen LogP contribution is -2.30. The molecular weight excluding hydrogens is 817 g/mol. The fourth-order valence-corrected chi connectivity index (χ4v) is 9.28. The van der Waals surface area contributed by atoms with Crippen molar-refractivity contribution >= 4 is 17.9 Å². The minimum absolute atomic E-state index is 0.0615. The van der Waals surface area contributed by atoms with Gasteiger partial charge in [0.25, 0.3) is 0 Å². The quantitative estimate of drug-likeness (QED) is 0.0343. The lowest BCUT2D eigenvalue weighted by atomic mass is 10.0. The Bertz CT molecular complexity index is 996. The van der Waals surface area contributed by atoms with E-state index in [1.165, 1.54) is 238 Å². The van der Waals surface area contributed by atoms with Gasteiger partial charge in [-0.05, 0) is 25.2 Å². The third-order valence-electron chi connectivity index (χ3n) is 13.8. The fraction of sp³-hybridized carbons (Fsp3) is 0.950. The van der Waals surface area contributed by atoms with Crippen LogP contribution in [0.15, 0.2) is 0 Å². The molecule has 0 aliphatic carbocycles. The van der Waals surface area contributed by atoms with Crippen LogP contribution < -0.4 is 0 Å². The Morgan fingerprint density at radius 2 is 0.500 bits per heavy atom. The summed E-state index contributed by atoms with van der Waals surface area (Å²) in [6.07, 6.45) is 59.5. The Kier molecular flexibility index (Phi) is 53.0. The Morgan fingerprint density at radius 1 is 0.288 bits per heavy atom. The van der Waals surface area contributed by atoms with E-state index in [-0.39, 0.29) is 31.1 Å². The van der Waals surface area contributed by atoms with E-state index >= 15 is 0 Å². The van der Waals surface area contributed by atoms with Gasteiger partial charge in [-0.2, -0.15) is 0 Å². The minimum Gasteiger partial charge on any atom is -0.462 e. The van der Waals surface area contributed by atoms with Crippen LogP contribution in [0.1, 0.15) is 342 Å². The van der Waals surface area contributed by atoms with Crippen molar-refractivity contribution in [3.05, 3.63) is 0 Å². The summed E-state index contributed by atoms with van der Waals surface area (Å²) >= 11 is 0. The van der Waals surface area contributed by atoms with Crippen molar-refractivity contribution in [1.29, 1.82) is 0 Å². The van der Waals surface area contributed by atoms with E-state index < -0.39 is 6.10 Å². The van der Waals surface area contributed by atoms with Gasteiger partial charge in [-0.3, -0.25) is 14.4 Å². The zero-order chi connectivity index (χ0) is 48.1. The van der Waals surface area contributed by atoms with Gasteiger partial charge in [0.05, 0.1) is 0 Å². The van der Waals surface area contributed by atoms with E-state index in [0.29, 0.717) is 19.3 Å². The molecule has 0 saturated carbocycles. The highest BCUT2D eigenvalue weighted by molar-refractivity contribution is 5.71. The first-order chi connectivity index (χ1) is 32.4. The maximum absolute atomic E-state index is 12.9. The molecule has 0 fully saturated rings. The molecule has 6 nitrogen and oxygen atoms in total. The molecule has 66 heavy (non-hydrogen) atoms. The van der Waals surface area contributed by atoms with Crippen molar-refractivity contribution in [2.45, 2.75) is 348 Å². The minimum atomic E-state index is -0.761. The number of hydrogen-bond donors (Lipinski definition) is 0. The summed E-state index contributed by atoms with van der Waals surface area (Å²) in [4.78, 5) is 38.1. The number of rotatable bonds is 55. The number of ether oxygens (including phenoxy) is 3. The molecule has 0 rings (SSSR count). The number of carbonyl (C=O) groups is 3. The first-order valence-corrected chi connectivity index (χ1v) is 29.9. The van der Waals surface area contributed by atoms with E-state index in [1.807, 2.05) is 0 Å². The van der Waals surface area contributed by atoms with Gasteiger partial charge in [0.1, 0.15) is 13.2 Å². The van der Waals surface area contributed by atoms with E-state index in [4.69, 9.17) is 14.2 Å². The summed E-state index contributed by atoms with van der Waals surface area (Å²) in [6.45, 7) is 9.08. The molecule has 0 saturated heterocycles. The van der Waals surface area contributed by atoms with Crippen LogP contribution >= 0.6 is 0 Å². The highest BCUT2D eigenvalue weighted by Gasteiger charge is 2.19. The van der Waals surface area contributed by atoms with Crippen LogP contribution in [0.3, 0.4) is 0 Å². The normalized spacial score (nSPS) is 12.0. The molecule has 0 aromatic rings. The third kappa shape index (κ3) is 53.4. The van der Waals surface area contributed by atoms with Gasteiger partial charge >= 0.3 is 17.9 Å². The van der Waals surface area contributed by atoms with E-state index in [1.54, 1.807) is 0 Å². The summed E-state index contributed by atoms with van der Waals surface area (Å²) < 4.78 is 16.9. The molecule has 0 aliphatic rings. The maximum atomic E-state index is 12.9. The summed E-state index contributed by atoms with van der Waals surface area (Å²) in [5, 5.41) is 0. The third-order valence-corrected chi connectivity index (χ3v) is 13.8. The van der Waals surface area contributed by atoms with Crippen LogP contribution in [0.25, 0.3) is 0 Å². The van der Waals surface area contributed by atoms with Crippen LogP contribution in [-0.4, -0.2) is 37.2 Å². The predicted molar refractivity (Wildman–Crippen MR) is 284 cm³/mol. The maximum Gasteiger partial charge on any atom is 0.306 e. The molecule has 0 spiro atoms. The summed E-state index contributed by atoms with van der Waals surface area (Å²) in [5.41, 5.74) is 0. The number of esters is 3. The first kappa shape index (κ1) is 64.4. The SMILES string of the molecule is CCCCCCCCCCCCCCCCC(=O)OC[C@@H](COC(=O)CCCCCCCCCCCCCCC)OC(=O)CCCCCCCCCCCCCCCCCCCCC(C)C. The molecular formula is C60H116O6. The molecule has 6 heteroatoms. The van der Waals surface area contributed by atoms with Crippen molar-refractivity contribution in [3.8, 4) is 0 Å². The molecule has 0 heterocycles. The van der Waals surface area contributed by atoms with Gasteiger partial charge in [0, 0.05) is 19.3 Å². The van der Waals surface area contributed by atoms with Gasteiger partial charge in [-0.15, -0.1) is 0 Å². The van der Waals surface area contributed by atoms with E-state index in [2.05, 4.69) is 27.7 Å². The second kappa shape index (κ2) is 54.4. The fourth-order valence-electron chi connectivity index (χ4n) is 9.28. The Labute approximate surface area is 412 Å². The zero-order valence-electron chi connectivity index (χ0n) is 45.2. The summed E-state index contributed by atoms with van der Waals surface area (Å²) in [7, 11) is 0. The summed E-state index contributed by atoms with van der Waals surface area (Å²) in [5.74, 6) is 0.0256. The van der Waals surface area contributed by atoms with E-state index in [9.17, 15) is 14.4 Å². The Morgan fingerprint density at radius 3 is 0.742 bits per heavy atom. The van der Waals surface area contributed by atoms with Crippen molar-refractivity contribution in [2.24, 2.45) is 5.92 Å². The lowest BCUT2D eigenvalue weighted by molar-refractivity contribution is -0.167. The van der Waals surface area contributed by atoms with Crippen molar-refractivity contribution < 1.29 is 28.6 Å². The van der Waals surface area contributed by atoms with Crippen molar-refractivity contribution in [1.82, 2.24) is 0 Å². The van der Waals surface area contributed by atoms with Crippen molar-refractivity contribution in [3.63, 3.8) is 0 Å². The standard InChI is InChI=1S/C60H116O6/c1-5-7-9-11-13-15-17-19-28-32-36-40-44-48-52-59(62)65-55-57(54-64-58(61)51-47-43-39-35-31-26-18-16-14-12-10-8-6-2)66-60(63)53-49-45-41-37-33-29-25-23-21-20-22-24-27-30-34-38-42-46-50-56(3)4/h56-57H,5-55H2,1-4H3/t57-/m1/s1. The van der Waals surface area contributed by atoms with Crippen LogP contribution in [0.2, 0.25) is 0 Å². The van der Waals surface area contributed by atoms with Gasteiger partial charge in [0.2, 0.25) is 0 Å². The molecule has 0 unspecified atom stereocenters. The average Bonchev–Trinajstić information content (AvgIpc) is 3.30. The van der Waals surface area contributed by atoms with Gasteiger partial charge in [-0.1, -0.05) is 304 Å². The van der Waals surface area contributed by atoms with Crippen LogP contribution in [-0.2, 0) is 28.6 Å². The molecule has 0 aromatic carbocycles. The molecule has 0 aliphatic heterocycles. The molecule has 0 radical (unpaired) electrons. The monoisotopic (exact) mass is 933 g/mol. The highest BCUT2D eigenvalue weighted by atomic mass is 16.6. The molecule has 0 bridgehead atoms. The van der Waals surface area contributed by atoms with Crippen LogP contribution in [0.5, 0.6) is 0 Å². The predicted octanol–water partition coefficient (Wildman–Crippen LogP) is 19.8. The molecule has 392 valence electrons. The lowest BCUT2D eigenvalue weighted by Gasteiger charge is -2.18. The molecule has 0 N–H and O–H groups in total. The largest absolute Gasteiger partial charge is 0.462 e. The molecule has 0 amide bonds. The molecule has 1 atom stereocenters. The second-order valence-corrected chi connectivity index (χ2v) is 21.1. The van der Waals surface area contributed by atoms with Crippen LogP contribution in [0, 0.1) is 5.92 Å². The number of hydrogen-bond acceptors (Lipinski definition) is 6. The van der Waals surface area contributed by atoms with Crippen LogP contribution in [0.4, 0.5) is 0 Å². The van der Waals surface area contributed by atoms with Gasteiger partial charge in [-0.25, -0.2) is 0 Å². The number of unbranched alkanes of at least 4 members (excludes halogenated alkanes) is 42. The van der Waals surface area contributed by atoms with Gasteiger partial charge in [0.15, 0.2) is 6.10 Å². The molecule has 0 aromatic heterocycles. The zero-order valence-corrected chi connectivity index (χ0v) is 45.2. The second-order valence-electron chi connectivity index (χ2n) is 21.1. The smallest absolute Gasteiger partial charge is 0.306 e. The average molecular weight is 934 g/mol. The Balaban J connectivity index is 4.25. The topological polar surface area (TPSA) is 78.9 Å². The first-order valence-electron chi connectivity index (χ1n) is 29.9.